The highest BCUT2D eigenvalue weighted by molar-refractivity contribution is 7.80. The van der Waals surface area contributed by atoms with Crippen LogP contribution in [0.5, 0.6) is 11.5 Å². The molecule has 0 radical (unpaired) electrons. The summed E-state index contributed by atoms with van der Waals surface area (Å²) in [6.45, 7) is 6.70. The lowest BCUT2D eigenvalue weighted by molar-refractivity contribution is -0.113. The van der Waals surface area contributed by atoms with Gasteiger partial charge in [-0.3, -0.25) is 9.69 Å². The molecule has 0 aromatic heterocycles. The number of nitrogens with one attached hydrogen (secondary N) is 1. The largest absolute Gasteiger partial charge is 0.493 e. The molecule has 1 aliphatic rings. The van der Waals surface area contributed by atoms with Gasteiger partial charge in [0, 0.05) is 0 Å². The van der Waals surface area contributed by atoms with E-state index in [0.717, 1.165) is 11.3 Å². The maximum Gasteiger partial charge on any atom is 0.281 e. The molecule has 1 fully saturated rings. The molecule has 0 bridgehead atoms. The van der Waals surface area contributed by atoms with Gasteiger partial charge in [0.1, 0.15) is 5.70 Å². The molecule has 0 spiro atoms. The van der Waals surface area contributed by atoms with Crippen molar-refractivity contribution in [1.82, 2.24) is 5.32 Å². The quantitative estimate of drug-likeness (QED) is 0.576. The molecule has 0 atom stereocenters. The Labute approximate surface area is 170 Å². The molecule has 1 heterocycles. The molecule has 2 aromatic rings. The van der Waals surface area contributed by atoms with Gasteiger partial charge in [0.25, 0.3) is 5.91 Å². The summed E-state index contributed by atoms with van der Waals surface area (Å²) in [5, 5.41) is 3.38. The van der Waals surface area contributed by atoms with E-state index in [9.17, 15) is 4.79 Å². The van der Waals surface area contributed by atoms with Crippen LogP contribution in [0.15, 0.2) is 48.2 Å². The van der Waals surface area contributed by atoms with Gasteiger partial charge in [-0.05, 0) is 66.5 Å². The first-order valence-corrected chi connectivity index (χ1v) is 9.63. The number of carbonyl (C=O) groups is 1. The molecule has 0 aliphatic carbocycles. The molecule has 1 N–H and O–H groups in total. The molecule has 0 unspecified atom stereocenters. The van der Waals surface area contributed by atoms with Crippen LogP contribution in [-0.2, 0) is 4.79 Å². The van der Waals surface area contributed by atoms with Gasteiger partial charge in [-0.2, -0.15) is 0 Å². The molecule has 3 rings (SSSR count). The zero-order valence-corrected chi connectivity index (χ0v) is 17.3. The Bertz CT molecular complexity index is 920. The van der Waals surface area contributed by atoms with Crippen molar-refractivity contribution in [3.8, 4) is 11.5 Å². The van der Waals surface area contributed by atoms with E-state index in [2.05, 4.69) is 19.2 Å². The Kier molecular flexibility index (Phi) is 5.99. The number of hydrogen-bond acceptors (Lipinski definition) is 4. The smallest absolute Gasteiger partial charge is 0.281 e. The van der Waals surface area contributed by atoms with Crippen molar-refractivity contribution in [3.63, 3.8) is 0 Å². The second-order valence-electron chi connectivity index (χ2n) is 6.72. The van der Waals surface area contributed by atoms with E-state index in [1.807, 2.05) is 49.4 Å². The molecule has 5 nitrogen and oxygen atoms in total. The number of benzene rings is 2. The molecular formula is C22H24N2O3S. The second-order valence-corrected chi connectivity index (χ2v) is 7.10. The number of amides is 1. The van der Waals surface area contributed by atoms with Crippen LogP contribution in [-0.4, -0.2) is 24.7 Å². The zero-order valence-electron chi connectivity index (χ0n) is 16.5. The third kappa shape index (κ3) is 4.02. The summed E-state index contributed by atoms with van der Waals surface area (Å²) in [6.07, 6.45) is 1.76. The van der Waals surface area contributed by atoms with Crippen molar-refractivity contribution in [2.45, 2.75) is 26.7 Å². The average molecular weight is 397 g/mol. The van der Waals surface area contributed by atoms with E-state index in [0.29, 0.717) is 34.8 Å². The molecule has 146 valence electrons. The Hall–Kier alpha value is -2.86. The first-order valence-electron chi connectivity index (χ1n) is 9.22. The fraction of sp³-hybridized carbons (Fsp3) is 0.273. The lowest BCUT2D eigenvalue weighted by atomic mass is 10.0. The lowest BCUT2D eigenvalue weighted by Gasteiger charge is -2.15. The van der Waals surface area contributed by atoms with Crippen LogP contribution in [0, 0.1) is 0 Å². The van der Waals surface area contributed by atoms with Gasteiger partial charge in [0.15, 0.2) is 16.6 Å². The predicted molar refractivity (Wildman–Crippen MR) is 116 cm³/mol. The number of nitrogens with zero attached hydrogens (tertiary/aromatic N) is 1. The van der Waals surface area contributed by atoms with Crippen molar-refractivity contribution in [2.75, 3.05) is 18.6 Å². The first-order chi connectivity index (χ1) is 13.4. The van der Waals surface area contributed by atoms with E-state index in [1.54, 1.807) is 13.2 Å². The minimum atomic E-state index is -0.184. The van der Waals surface area contributed by atoms with Crippen molar-refractivity contribution < 1.29 is 14.3 Å². The molecule has 1 aliphatic heterocycles. The number of anilines is 1. The van der Waals surface area contributed by atoms with Crippen molar-refractivity contribution >= 4 is 35.0 Å². The van der Waals surface area contributed by atoms with E-state index >= 15 is 0 Å². The van der Waals surface area contributed by atoms with Crippen LogP contribution >= 0.6 is 12.2 Å². The summed E-state index contributed by atoms with van der Waals surface area (Å²) >= 11 is 5.39. The number of rotatable bonds is 6. The van der Waals surface area contributed by atoms with Crippen molar-refractivity contribution in [2.24, 2.45) is 0 Å². The van der Waals surface area contributed by atoms with Crippen LogP contribution in [0.25, 0.3) is 6.08 Å². The second kappa shape index (κ2) is 8.44. The van der Waals surface area contributed by atoms with Crippen molar-refractivity contribution in [1.29, 1.82) is 0 Å². The van der Waals surface area contributed by atoms with Crippen LogP contribution in [0.3, 0.4) is 0 Å². The topological polar surface area (TPSA) is 50.8 Å². The van der Waals surface area contributed by atoms with Crippen LogP contribution in [0.1, 0.15) is 37.8 Å². The van der Waals surface area contributed by atoms with Crippen LogP contribution in [0.4, 0.5) is 5.69 Å². The fourth-order valence-electron chi connectivity index (χ4n) is 3.00. The van der Waals surface area contributed by atoms with E-state index in [-0.39, 0.29) is 5.91 Å². The van der Waals surface area contributed by atoms with E-state index in [1.165, 1.54) is 10.5 Å². The number of thiocarbonyl (C=S) groups is 1. The fourth-order valence-corrected chi connectivity index (χ4v) is 3.29. The maximum absolute atomic E-state index is 12.9. The highest BCUT2D eigenvalue weighted by Gasteiger charge is 2.32. The lowest BCUT2D eigenvalue weighted by Crippen LogP contribution is -2.30. The zero-order chi connectivity index (χ0) is 20.3. The Balaban J connectivity index is 1.87. The SMILES string of the molecule is CCOc1cc(/C=C2\NC(=S)N(c3ccc(C(C)C)cc3)C2=O)ccc1OC. The van der Waals surface area contributed by atoms with E-state index in [4.69, 9.17) is 21.7 Å². The number of methoxy groups -OCH3 is 1. The molecule has 0 saturated carbocycles. The summed E-state index contributed by atoms with van der Waals surface area (Å²) < 4.78 is 10.9. The Morgan fingerprint density at radius 2 is 1.86 bits per heavy atom. The monoisotopic (exact) mass is 396 g/mol. The first kappa shape index (κ1) is 19.9. The Morgan fingerprint density at radius 3 is 2.46 bits per heavy atom. The normalized spacial score (nSPS) is 15.3. The number of carbonyl (C=O) groups excluding carboxylic acids is 1. The van der Waals surface area contributed by atoms with E-state index < -0.39 is 0 Å². The summed E-state index contributed by atoms with van der Waals surface area (Å²) in [5.74, 6) is 1.53. The molecule has 1 saturated heterocycles. The highest BCUT2D eigenvalue weighted by Crippen LogP contribution is 2.30. The van der Waals surface area contributed by atoms with Crippen LogP contribution in [0.2, 0.25) is 0 Å². The minimum absolute atomic E-state index is 0.184. The van der Waals surface area contributed by atoms with Crippen molar-refractivity contribution in [3.05, 3.63) is 59.3 Å². The number of hydrogen-bond donors (Lipinski definition) is 1. The summed E-state index contributed by atoms with van der Waals surface area (Å²) in [7, 11) is 1.60. The van der Waals surface area contributed by atoms with Crippen LogP contribution < -0.4 is 19.7 Å². The molecular weight excluding hydrogens is 372 g/mol. The molecule has 6 heteroatoms. The van der Waals surface area contributed by atoms with Gasteiger partial charge in [0.2, 0.25) is 0 Å². The van der Waals surface area contributed by atoms with Gasteiger partial charge >= 0.3 is 0 Å². The third-order valence-corrected chi connectivity index (χ3v) is 4.78. The van der Waals surface area contributed by atoms with Gasteiger partial charge in [-0.1, -0.05) is 32.0 Å². The maximum atomic E-state index is 12.9. The van der Waals surface area contributed by atoms with Gasteiger partial charge in [-0.15, -0.1) is 0 Å². The van der Waals surface area contributed by atoms with Gasteiger partial charge in [0.05, 0.1) is 19.4 Å². The highest BCUT2D eigenvalue weighted by atomic mass is 32.1. The summed E-state index contributed by atoms with van der Waals surface area (Å²) in [6, 6.07) is 13.4. The third-order valence-electron chi connectivity index (χ3n) is 4.49. The minimum Gasteiger partial charge on any atom is -0.493 e. The predicted octanol–water partition coefficient (Wildman–Crippen LogP) is 4.48. The van der Waals surface area contributed by atoms with Gasteiger partial charge < -0.3 is 14.8 Å². The summed E-state index contributed by atoms with van der Waals surface area (Å²) in [4.78, 5) is 14.4. The Morgan fingerprint density at radius 1 is 1.14 bits per heavy atom. The summed E-state index contributed by atoms with van der Waals surface area (Å²) in [5.41, 5.74) is 3.21. The average Bonchev–Trinajstić information content (AvgIpc) is 2.95. The molecule has 28 heavy (non-hydrogen) atoms. The molecule has 1 amide bonds. The molecule has 2 aromatic carbocycles. The van der Waals surface area contributed by atoms with Gasteiger partial charge in [-0.25, -0.2) is 0 Å². The number of ether oxygens (including phenoxy) is 2. The standard InChI is InChI=1S/C22H24N2O3S/c1-5-27-20-13-15(6-11-19(20)26-4)12-18-21(25)24(22(28)23-18)17-9-7-16(8-10-17)14(2)3/h6-14H,5H2,1-4H3,(H,23,28)/b18-12-.